The van der Waals surface area contributed by atoms with Gasteiger partial charge >= 0.3 is 0 Å². The van der Waals surface area contributed by atoms with Crippen molar-refractivity contribution in [3.63, 3.8) is 0 Å². The lowest BCUT2D eigenvalue weighted by Crippen LogP contribution is -2.24. The number of carbonyl (C=O) groups is 1. The molecule has 0 atom stereocenters. The molecule has 0 unspecified atom stereocenters. The Morgan fingerprint density at radius 3 is 3.06 bits per heavy atom. The Bertz CT molecular complexity index is 554. The third kappa shape index (κ3) is 2.72. The molecule has 2 aromatic rings. The van der Waals surface area contributed by atoms with Crippen molar-refractivity contribution in [1.29, 1.82) is 0 Å². The lowest BCUT2D eigenvalue weighted by Gasteiger charge is -2.02. The van der Waals surface area contributed by atoms with Gasteiger partial charge in [0.1, 0.15) is 5.82 Å². The van der Waals surface area contributed by atoms with Crippen molar-refractivity contribution in [3.8, 4) is 5.69 Å². The number of hydrogen-bond donors (Lipinski definition) is 1. The van der Waals surface area contributed by atoms with Gasteiger partial charge in [0.2, 0.25) is 0 Å². The summed E-state index contributed by atoms with van der Waals surface area (Å²) in [6.07, 6.45) is 1.58. The van der Waals surface area contributed by atoms with Gasteiger partial charge in [-0.25, -0.2) is 14.6 Å². The van der Waals surface area contributed by atoms with Crippen LogP contribution in [-0.4, -0.2) is 22.3 Å². The van der Waals surface area contributed by atoms with Crippen LogP contribution in [0.5, 0.6) is 0 Å². The molecule has 0 bridgehead atoms. The van der Waals surface area contributed by atoms with E-state index in [0.29, 0.717) is 12.3 Å². The van der Waals surface area contributed by atoms with Gasteiger partial charge in [-0.3, -0.25) is 9.63 Å². The fourth-order valence-corrected chi connectivity index (χ4v) is 1.40. The normalized spacial score (nSPS) is 10.3. The molecule has 5 nitrogen and oxygen atoms in total. The van der Waals surface area contributed by atoms with Crippen LogP contribution in [-0.2, 0) is 4.84 Å². The minimum absolute atomic E-state index is 0.202. The van der Waals surface area contributed by atoms with E-state index in [-0.39, 0.29) is 11.5 Å². The van der Waals surface area contributed by atoms with Crippen LogP contribution in [0.2, 0.25) is 0 Å². The smallest absolute Gasteiger partial charge is 0.274 e. The fraction of sp³-hybridized carbons (Fsp3) is 0.167. The second-order valence-electron chi connectivity index (χ2n) is 3.49. The number of amides is 1. The molecule has 2 rings (SSSR count). The largest absolute Gasteiger partial charge is 0.295 e. The topological polar surface area (TPSA) is 56.1 Å². The summed E-state index contributed by atoms with van der Waals surface area (Å²) < 4.78 is 14.5. The highest BCUT2D eigenvalue weighted by Gasteiger charge is 2.09. The van der Waals surface area contributed by atoms with E-state index < -0.39 is 5.91 Å². The number of nitrogens with zero attached hydrogens (tertiary/aromatic N) is 2. The van der Waals surface area contributed by atoms with E-state index in [1.807, 2.05) is 0 Å². The molecule has 1 heterocycles. The molecule has 0 spiro atoms. The van der Waals surface area contributed by atoms with Gasteiger partial charge in [-0.05, 0) is 31.2 Å². The number of carbonyl (C=O) groups excluding carboxylic acids is 1. The number of aromatic nitrogens is 2. The summed E-state index contributed by atoms with van der Waals surface area (Å²) in [7, 11) is 0. The Balaban J connectivity index is 2.17. The summed E-state index contributed by atoms with van der Waals surface area (Å²) in [5, 5.41) is 4.03. The maximum absolute atomic E-state index is 13.0. The third-order valence-corrected chi connectivity index (χ3v) is 2.20. The van der Waals surface area contributed by atoms with Crippen molar-refractivity contribution in [2.75, 3.05) is 6.61 Å². The molecule has 0 radical (unpaired) electrons. The second kappa shape index (κ2) is 5.42. The predicted octanol–water partition coefficient (Wildman–Crippen LogP) is 1.69. The van der Waals surface area contributed by atoms with Crippen molar-refractivity contribution in [2.45, 2.75) is 6.92 Å². The molecule has 0 aliphatic rings. The Hall–Kier alpha value is -2.21. The van der Waals surface area contributed by atoms with Gasteiger partial charge < -0.3 is 0 Å². The highest BCUT2D eigenvalue weighted by atomic mass is 19.1. The Kier molecular flexibility index (Phi) is 3.69. The van der Waals surface area contributed by atoms with Crippen molar-refractivity contribution in [2.24, 2.45) is 0 Å². The van der Waals surface area contributed by atoms with Crippen LogP contribution in [0.25, 0.3) is 5.69 Å². The summed E-state index contributed by atoms with van der Waals surface area (Å²) in [5.41, 5.74) is 2.98. The first-order valence-corrected chi connectivity index (χ1v) is 5.44. The monoisotopic (exact) mass is 249 g/mol. The zero-order valence-corrected chi connectivity index (χ0v) is 9.76. The first kappa shape index (κ1) is 12.3. The van der Waals surface area contributed by atoms with E-state index >= 15 is 0 Å². The van der Waals surface area contributed by atoms with Crippen LogP contribution in [0.1, 0.15) is 17.4 Å². The summed E-state index contributed by atoms with van der Waals surface area (Å²) in [4.78, 5) is 16.3. The predicted molar refractivity (Wildman–Crippen MR) is 62.6 cm³/mol. The molecule has 0 saturated carbocycles. The van der Waals surface area contributed by atoms with E-state index in [0.717, 1.165) is 0 Å². The molecule has 1 aromatic carbocycles. The van der Waals surface area contributed by atoms with E-state index in [1.165, 1.54) is 22.9 Å². The van der Waals surface area contributed by atoms with E-state index in [4.69, 9.17) is 4.84 Å². The number of halogens is 1. The van der Waals surface area contributed by atoms with Gasteiger partial charge in [-0.15, -0.1) is 0 Å². The van der Waals surface area contributed by atoms with Crippen molar-refractivity contribution < 1.29 is 14.0 Å². The molecule has 1 amide bonds. The number of benzene rings is 1. The number of hydroxylamine groups is 1. The van der Waals surface area contributed by atoms with Crippen LogP contribution in [0.3, 0.4) is 0 Å². The Morgan fingerprint density at radius 1 is 1.50 bits per heavy atom. The van der Waals surface area contributed by atoms with E-state index in [2.05, 4.69) is 10.6 Å². The molecule has 0 saturated heterocycles. The summed E-state index contributed by atoms with van der Waals surface area (Å²) in [5.74, 6) is -0.796. The van der Waals surface area contributed by atoms with Crippen LogP contribution in [0.4, 0.5) is 4.39 Å². The SMILES string of the molecule is CCONC(=O)c1ccn(-c2cccc(F)c2)n1. The molecular formula is C12H12FN3O2. The Labute approximate surface area is 103 Å². The Morgan fingerprint density at radius 2 is 2.33 bits per heavy atom. The standard InChI is InChI=1S/C12H12FN3O2/c1-2-18-15-12(17)11-6-7-16(14-11)10-5-3-4-9(13)8-10/h3-8H,2H2,1H3,(H,15,17). The van der Waals surface area contributed by atoms with Gasteiger partial charge in [-0.2, -0.15) is 5.10 Å². The molecular weight excluding hydrogens is 237 g/mol. The van der Waals surface area contributed by atoms with Gasteiger partial charge in [-0.1, -0.05) is 6.07 Å². The van der Waals surface area contributed by atoms with Gasteiger partial charge in [0.15, 0.2) is 5.69 Å². The molecule has 1 aromatic heterocycles. The zero-order chi connectivity index (χ0) is 13.0. The quantitative estimate of drug-likeness (QED) is 0.839. The second-order valence-corrected chi connectivity index (χ2v) is 3.49. The van der Waals surface area contributed by atoms with Crippen LogP contribution in [0, 0.1) is 5.82 Å². The van der Waals surface area contributed by atoms with Crippen molar-refractivity contribution >= 4 is 5.91 Å². The van der Waals surface area contributed by atoms with Crippen LogP contribution in [0.15, 0.2) is 36.5 Å². The fourth-order valence-electron chi connectivity index (χ4n) is 1.40. The van der Waals surface area contributed by atoms with Crippen LogP contribution >= 0.6 is 0 Å². The van der Waals surface area contributed by atoms with Crippen LogP contribution < -0.4 is 5.48 Å². The van der Waals surface area contributed by atoms with Gasteiger partial charge in [0.25, 0.3) is 5.91 Å². The van der Waals surface area contributed by atoms with Gasteiger partial charge in [0, 0.05) is 6.20 Å². The van der Waals surface area contributed by atoms with Crippen molar-refractivity contribution in [1.82, 2.24) is 15.3 Å². The molecule has 18 heavy (non-hydrogen) atoms. The van der Waals surface area contributed by atoms with E-state index in [1.54, 1.807) is 25.3 Å². The maximum Gasteiger partial charge on any atom is 0.295 e. The molecule has 1 N–H and O–H groups in total. The number of rotatable bonds is 4. The average molecular weight is 249 g/mol. The lowest BCUT2D eigenvalue weighted by molar-refractivity contribution is 0.0359. The third-order valence-electron chi connectivity index (χ3n) is 2.20. The first-order chi connectivity index (χ1) is 8.70. The molecule has 0 fully saturated rings. The summed E-state index contributed by atoms with van der Waals surface area (Å²) >= 11 is 0. The minimum atomic E-state index is -0.438. The highest BCUT2D eigenvalue weighted by Crippen LogP contribution is 2.09. The average Bonchev–Trinajstić information content (AvgIpc) is 2.85. The summed E-state index contributed by atoms with van der Waals surface area (Å²) in [6, 6.07) is 7.47. The molecule has 6 heteroatoms. The lowest BCUT2D eigenvalue weighted by atomic mass is 10.3. The van der Waals surface area contributed by atoms with E-state index in [9.17, 15) is 9.18 Å². The minimum Gasteiger partial charge on any atom is -0.274 e. The zero-order valence-electron chi connectivity index (χ0n) is 9.76. The molecule has 0 aliphatic carbocycles. The van der Waals surface area contributed by atoms with Crippen molar-refractivity contribution in [3.05, 3.63) is 48.0 Å². The number of nitrogens with one attached hydrogen (secondary N) is 1. The number of hydrogen-bond acceptors (Lipinski definition) is 3. The van der Waals surface area contributed by atoms with Gasteiger partial charge in [0.05, 0.1) is 12.3 Å². The first-order valence-electron chi connectivity index (χ1n) is 5.44. The highest BCUT2D eigenvalue weighted by molar-refractivity contribution is 5.91. The maximum atomic E-state index is 13.0. The molecule has 94 valence electrons. The molecule has 0 aliphatic heterocycles. The summed E-state index contributed by atoms with van der Waals surface area (Å²) in [6.45, 7) is 2.13.